The lowest BCUT2D eigenvalue weighted by Gasteiger charge is -2.38. The predicted molar refractivity (Wildman–Crippen MR) is 215 cm³/mol. The molecule has 2 saturated heterocycles. The van der Waals surface area contributed by atoms with Crippen molar-refractivity contribution in [2.24, 2.45) is 13.0 Å². The lowest BCUT2D eigenvalue weighted by atomic mass is 9.95. The van der Waals surface area contributed by atoms with Crippen LogP contribution in [0.4, 0.5) is 19.3 Å². The van der Waals surface area contributed by atoms with Gasteiger partial charge in [0.2, 0.25) is 5.91 Å². The number of ether oxygens (including phenoxy) is 1. The quantitative estimate of drug-likeness (QED) is 0.207. The Kier molecular flexibility index (Phi) is 14.0. The van der Waals surface area contributed by atoms with Crippen LogP contribution in [0, 0.1) is 24.5 Å². The molecule has 4 heterocycles. The normalized spacial score (nSPS) is 14.8. The van der Waals surface area contributed by atoms with Crippen molar-refractivity contribution in [3.63, 3.8) is 0 Å². The smallest absolute Gasteiger partial charge is 0.410 e. The Morgan fingerprint density at radius 2 is 1.52 bits per heavy atom. The van der Waals surface area contributed by atoms with Gasteiger partial charge in [0, 0.05) is 80.3 Å². The molecule has 4 amide bonds. The summed E-state index contributed by atoms with van der Waals surface area (Å²) in [5.74, 6) is -3.43. The largest absolute Gasteiger partial charge is 0.444 e. The van der Waals surface area contributed by atoms with Crippen molar-refractivity contribution in [1.82, 2.24) is 34.0 Å². The fourth-order valence-corrected chi connectivity index (χ4v) is 7.27. The number of hydrogen-bond acceptors (Lipinski definition) is 8. The number of aliphatic hydroxyl groups is 1. The van der Waals surface area contributed by atoms with E-state index in [0.29, 0.717) is 63.4 Å². The van der Waals surface area contributed by atoms with Gasteiger partial charge in [-0.15, -0.1) is 0 Å². The molecule has 2 fully saturated rings. The third-order valence-electron chi connectivity index (χ3n) is 10.1. The minimum absolute atomic E-state index is 0.00896. The van der Waals surface area contributed by atoms with E-state index < -0.39 is 23.1 Å². The van der Waals surface area contributed by atoms with E-state index in [1.165, 1.54) is 59.0 Å². The number of aliphatic hydroxyl groups excluding tert-OH is 1. The van der Waals surface area contributed by atoms with Gasteiger partial charge in [0.15, 0.2) is 17.5 Å². The van der Waals surface area contributed by atoms with Crippen molar-refractivity contribution in [2.75, 3.05) is 51.2 Å². The van der Waals surface area contributed by atoms with Crippen LogP contribution in [0.25, 0.3) is 22.4 Å². The summed E-state index contributed by atoms with van der Waals surface area (Å²) >= 11 is 6.54. The summed E-state index contributed by atoms with van der Waals surface area (Å²) in [6.45, 7) is 13.5. The monoisotopic (exact) mass is 824 g/mol. The number of anilines is 1. The molecule has 6 rings (SSSR count). The molecule has 312 valence electrons. The molecule has 2 aliphatic heterocycles. The number of hydrogen-bond donors (Lipinski definition) is 2. The summed E-state index contributed by atoms with van der Waals surface area (Å²) in [6.07, 6.45) is 3.40. The molecule has 0 bridgehead atoms. The van der Waals surface area contributed by atoms with Gasteiger partial charge in [0.25, 0.3) is 11.8 Å². The van der Waals surface area contributed by atoms with Gasteiger partial charge in [0.1, 0.15) is 5.60 Å². The SMILES string of the molecule is CC.Cc1c(-c2ccc(-c3cnc(C(=O)Nc4ccc(C(=O)N5CCN(C(=O)C6CCN(C(=O)OC(C)(C)C)CC6)CC5)c(Cl)c4)n3C)c(F)c2F)cnn1CCO. The second kappa shape index (κ2) is 18.5. The van der Waals surface area contributed by atoms with Crippen LogP contribution < -0.4 is 5.32 Å². The van der Waals surface area contributed by atoms with Crippen molar-refractivity contribution < 1.29 is 37.8 Å². The van der Waals surface area contributed by atoms with Crippen LogP contribution in [0.5, 0.6) is 0 Å². The van der Waals surface area contributed by atoms with Gasteiger partial charge >= 0.3 is 6.09 Å². The third kappa shape index (κ3) is 9.50. The molecule has 2 aliphatic rings. The molecule has 0 saturated carbocycles. The maximum atomic E-state index is 15.5. The maximum absolute atomic E-state index is 15.5. The van der Waals surface area contributed by atoms with Gasteiger partial charge in [-0.25, -0.2) is 18.6 Å². The van der Waals surface area contributed by atoms with E-state index in [1.807, 2.05) is 34.6 Å². The van der Waals surface area contributed by atoms with Crippen LogP contribution in [0.2, 0.25) is 5.02 Å². The topological polar surface area (TPSA) is 155 Å². The van der Waals surface area contributed by atoms with E-state index in [9.17, 15) is 24.3 Å². The molecule has 0 atom stereocenters. The first kappa shape index (κ1) is 43.8. The zero-order valence-corrected chi connectivity index (χ0v) is 34.7. The van der Waals surface area contributed by atoms with Crippen LogP contribution in [-0.2, 0) is 23.1 Å². The lowest BCUT2D eigenvalue weighted by molar-refractivity contribution is -0.138. The average molecular weight is 825 g/mol. The zero-order chi connectivity index (χ0) is 42.5. The van der Waals surface area contributed by atoms with Gasteiger partial charge in [0.05, 0.1) is 41.8 Å². The highest BCUT2D eigenvalue weighted by Crippen LogP contribution is 2.33. The molecule has 0 aliphatic carbocycles. The molecule has 0 radical (unpaired) electrons. The van der Waals surface area contributed by atoms with E-state index in [2.05, 4.69) is 15.4 Å². The zero-order valence-electron chi connectivity index (χ0n) is 33.9. The highest BCUT2D eigenvalue weighted by Gasteiger charge is 2.34. The Morgan fingerprint density at radius 1 is 0.897 bits per heavy atom. The number of rotatable bonds is 8. The van der Waals surface area contributed by atoms with Gasteiger partial charge in [-0.1, -0.05) is 31.5 Å². The number of piperazine rings is 1. The molecule has 0 spiro atoms. The van der Waals surface area contributed by atoms with Crippen LogP contribution in [0.1, 0.15) is 74.1 Å². The van der Waals surface area contributed by atoms with Crippen molar-refractivity contribution >= 4 is 41.1 Å². The number of carbonyl (C=O) groups excluding carboxylic acids is 4. The minimum atomic E-state index is -1.12. The summed E-state index contributed by atoms with van der Waals surface area (Å²) in [5.41, 5.74) is 0.957. The van der Waals surface area contributed by atoms with Gasteiger partial charge in [-0.05, 0) is 64.8 Å². The number of aromatic nitrogens is 4. The second-order valence-corrected chi connectivity index (χ2v) is 15.3. The summed E-state index contributed by atoms with van der Waals surface area (Å²) in [5, 5.41) is 16.2. The predicted octanol–water partition coefficient (Wildman–Crippen LogP) is 6.39. The Morgan fingerprint density at radius 3 is 2.14 bits per heavy atom. The fourth-order valence-electron chi connectivity index (χ4n) is 7.00. The Hall–Kier alpha value is -5.35. The maximum Gasteiger partial charge on any atom is 0.410 e. The first-order valence-corrected chi connectivity index (χ1v) is 19.8. The molecule has 14 nitrogen and oxygen atoms in total. The summed E-state index contributed by atoms with van der Waals surface area (Å²) in [6, 6.07) is 7.32. The molecule has 17 heteroatoms. The Bertz CT molecular complexity index is 2150. The van der Waals surface area contributed by atoms with Crippen molar-refractivity contribution in [3.05, 3.63) is 76.5 Å². The first-order chi connectivity index (χ1) is 27.6. The summed E-state index contributed by atoms with van der Waals surface area (Å²) in [4.78, 5) is 61.6. The number of nitrogens with one attached hydrogen (secondary N) is 1. The van der Waals surface area contributed by atoms with Gasteiger partial charge in [-0.3, -0.25) is 19.1 Å². The number of nitrogens with zero attached hydrogens (tertiary/aromatic N) is 7. The lowest BCUT2D eigenvalue weighted by Crippen LogP contribution is -2.53. The summed E-state index contributed by atoms with van der Waals surface area (Å²) < 4.78 is 39.2. The number of benzene rings is 2. The van der Waals surface area contributed by atoms with E-state index in [1.54, 1.807) is 21.6 Å². The van der Waals surface area contributed by atoms with E-state index in [-0.39, 0.29) is 75.9 Å². The van der Waals surface area contributed by atoms with Gasteiger partial charge in [-0.2, -0.15) is 5.10 Å². The van der Waals surface area contributed by atoms with Crippen LogP contribution in [-0.4, -0.2) is 114 Å². The number of likely N-dealkylation sites (tertiary alicyclic amines) is 1. The number of halogens is 3. The molecular formula is C41H51ClF2N8O6. The standard InChI is InChI=1S/C39H45ClF2N8O6.C2H6/c1-23-29(21-44-50(23)18-19-51)26-8-9-28(33(42)32(26)41)31-22-43-34(46(31)5)35(52)45-25-6-7-27(30(40)20-25)37(54)48-16-14-47(15-17-48)36(53)24-10-12-49(13-11-24)38(55)56-39(2,3)4;1-2/h6-9,20-22,24,51H,10-19H2,1-5H3,(H,45,52);1-2H3. The molecule has 2 N–H and O–H groups in total. The molecule has 2 aromatic carbocycles. The van der Waals surface area contributed by atoms with Crippen molar-refractivity contribution in [3.8, 4) is 22.4 Å². The average Bonchev–Trinajstić information content (AvgIpc) is 3.77. The second-order valence-electron chi connectivity index (χ2n) is 14.9. The van der Waals surface area contributed by atoms with E-state index >= 15 is 8.78 Å². The molecule has 0 unspecified atom stereocenters. The van der Waals surface area contributed by atoms with Crippen molar-refractivity contribution in [2.45, 2.75) is 66.5 Å². The number of carbonyl (C=O) groups is 4. The third-order valence-corrected chi connectivity index (χ3v) is 10.4. The number of imidazole rings is 1. The van der Waals surface area contributed by atoms with E-state index in [4.69, 9.17) is 16.3 Å². The van der Waals surface area contributed by atoms with Crippen LogP contribution in [0.15, 0.2) is 42.7 Å². The van der Waals surface area contributed by atoms with Crippen molar-refractivity contribution in [1.29, 1.82) is 0 Å². The summed E-state index contributed by atoms with van der Waals surface area (Å²) in [7, 11) is 1.50. The van der Waals surface area contributed by atoms with E-state index in [0.717, 1.165) is 0 Å². The Labute approximate surface area is 341 Å². The van der Waals surface area contributed by atoms with Gasteiger partial charge < -0.3 is 34.4 Å². The number of piperidine rings is 1. The molecule has 4 aromatic rings. The highest BCUT2D eigenvalue weighted by atomic mass is 35.5. The molecule has 2 aromatic heterocycles. The molecule has 58 heavy (non-hydrogen) atoms. The molecular weight excluding hydrogens is 774 g/mol. The van der Waals surface area contributed by atoms with Crippen LogP contribution >= 0.6 is 11.6 Å². The number of amides is 4. The Balaban J connectivity index is 0.00000315. The fraction of sp³-hybridized carbons (Fsp3) is 0.463. The first-order valence-electron chi connectivity index (χ1n) is 19.4. The minimum Gasteiger partial charge on any atom is -0.444 e. The highest BCUT2D eigenvalue weighted by molar-refractivity contribution is 6.34. The van der Waals surface area contributed by atoms with Crippen LogP contribution in [0.3, 0.4) is 0 Å².